The first-order valence-electron chi connectivity index (χ1n) is 7.00. The summed E-state index contributed by atoms with van der Waals surface area (Å²) in [6.07, 6.45) is -0.545. The zero-order chi connectivity index (χ0) is 16.4. The van der Waals surface area contributed by atoms with E-state index in [0.29, 0.717) is 28.3 Å². The summed E-state index contributed by atoms with van der Waals surface area (Å²) in [5.74, 6) is -0.0113. The Morgan fingerprint density at radius 2 is 2.13 bits per heavy atom. The number of carbonyl (C=O) groups excluding carboxylic acids is 2. The second-order valence-electron chi connectivity index (χ2n) is 5.11. The van der Waals surface area contributed by atoms with Gasteiger partial charge in [0.2, 0.25) is 0 Å². The molecule has 114 valence electrons. The quantitative estimate of drug-likeness (QED) is 0.892. The van der Waals surface area contributed by atoms with Crippen molar-refractivity contribution in [3.63, 3.8) is 0 Å². The van der Waals surface area contributed by atoms with E-state index in [1.807, 2.05) is 6.07 Å². The molecule has 1 unspecified atom stereocenters. The van der Waals surface area contributed by atoms with Gasteiger partial charge in [0, 0.05) is 11.3 Å². The Labute approximate surface area is 132 Å². The van der Waals surface area contributed by atoms with Gasteiger partial charge in [0.05, 0.1) is 17.3 Å². The van der Waals surface area contributed by atoms with Crippen molar-refractivity contribution < 1.29 is 14.3 Å². The molecule has 0 radical (unpaired) electrons. The lowest BCUT2D eigenvalue weighted by Crippen LogP contribution is -2.34. The first-order valence-corrected chi connectivity index (χ1v) is 7.00. The normalized spacial score (nSPS) is 15.7. The predicted molar refractivity (Wildman–Crippen MR) is 84.3 cm³/mol. The van der Waals surface area contributed by atoms with Gasteiger partial charge in [-0.1, -0.05) is 6.07 Å². The summed E-state index contributed by atoms with van der Waals surface area (Å²) in [5, 5.41) is 14.3. The van der Waals surface area contributed by atoms with E-state index < -0.39 is 6.10 Å². The molecule has 2 aromatic rings. The Morgan fingerprint density at radius 3 is 2.91 bits per heavy atom. The standard InChI is InChI=1S/C17H13N3O3/c1-10-16(21)20-14-8-13(5-6-15(14)23-10)19-17(22)12-4-2-3-11(7-12)9-18/h2-8,10H,1H3,(H,19,22)(H,20,21). The SMILES string of the molecule is CC1Oc2ccc(NC(=O)c3cccc(C#N)c3)cc2NC1=O. The third kappa shape index (κ3) is 2.99. The van der Waals surface area contributed by atoms with E-state index in [1.165, 1.54) is 6.07 Å². The van der Waals surface area contributed by atoms with Crippen LogP contribution in [0, 0.1) is 11.3 Å². The topological polar surface area (TPSA) is 91.2 Å². The van der Waals surface area contributed by atoms with E-state index in [2.05, 4.69) is 10.6 Å². The smallest absolute Gasteiger partial charge is 0.265 e. The number of benzene rings is 2. The molecule has 3 rings (SSSR count). The van der Waals surface area contributed by atoms with Crippen LogP contribution in [0.15, 0.2) is 42.5 Å². The number of anilines is 2. The molecule has 0 saturated carbocycles. The molecular weight excluding hydrogens is 294 g/mol. The van der Waals surface area contributed by atoms with Crippen molar-refractivity contribution in [1.29, 1.82) is 5.26 Å². The fourth-order valence-electron chi connectivity index (χ4n) is 2.22. The molecular formula is C17H13N3O3. The Balaban J connectivity index is 1.81. The zero-order valence-corrected chi connectivity index (χ0v) is 12.3. The Hall–Kier alpha value is -3.33. The Kier molecular flexibility index (Phi) is 3.69. The lowest BCUT2D eigenvalue weighted by Gasteiger charge is -2.23. The van der Waals surface area contributed by atoms with Gasteiger partial charge in [-0.05, 0) is 43.3 Å². The summed E-state index contributed by atoms with van der Waals surface area (Å²) in [7, 11) is 0. The number of carbonyl (C=O) groups is 2. The van der Waals surface area contributed by atoms with Crippen LogP contribution >= 0.6 is 0 Å². The summed E-state index contributed by atoms with van der Waals surface area (Å²) in [6.45, 7) is 1.66. The van der Waals surface area contributed by atoms with Gasteiger partial charge < -0.3 is 15.4 Å². The second-order valence-corrected chi connectivity index (χ2v) is 5.11. The van der Waals surface area contributed by atoms with Crippen molar-refractivity contribution in [3.8, 4) is 11.8 Å². The highest BCUT2D eigenvalue weighted by Crippen LogP contribution is 2.32. The van der Waals surface area contributed by atoms with Crippen molar-refractivity contribution in [2.45, 2.75) is 13.0 Å². The molecule has 1 atom stereocenters. The highest BCUT2D eigenvalue weighted by molar-refractivity contribution is 6.05. The highest BCUT2D eigenvalue weighted by atomic mass is 16.5. The maximum atomic E-state index is 12.2. The van der Waals surface area contributed by atoms with Crippen molar-refractivity contribution in [3.05, 3.63) is 53.6 Å². The molecule has 2 aromatic carbocycles. The van der Waals surface area contributed by atoms with Crippen molar-refractivity contribution >= 4 is 23.2 Å². The summed E-state index contributed by atoms with van der Waals surface area (Å²) in [4.78, 5) is 23.9. The fourth-order valence-corrected chi connectivity index (χ4v) is 2.22. The van der Waals surface area contributed by atoms with Crippen LogP contribution in [0.4, 0.5) is 11.4 Å². The van der Waals surface area contributed by atoms with Crippen LogP contribution in [-0.4, -0.2) is 17.9 Å². The van der Waals surface area contributed by atoms with Gasteiger partial charge in [0.15, 0.2) is 6.10 Å². The first kappa shape index (κ1) is 14.6. The fraction of sp³-hybridized carbons (Fsp3) is 0.118. The van der Waals surface area contributed by atoms with Crippen molar-refractivity contribution in [2.75, 3.05) is 10.6 Å². The molecule has 0 bridgehead atoms. The lowest BCUT2D eigenvalue weighted by molar-refractivity contribution is -0.122. The molecule has 23 heavy (non-hydrogen) atoms. The number of fused-ring (bicyclic) bond motifs is 1. The van der Waals surface area contributed by atoms with Crippen LogP contribution in [0.2, 0.25) is 0 Å². The number of nitriles is 1. The molecule has 0 saturated heterocycles. The second kappa shape index (κ2) is 5.81. The minimum absolute atomic E-state index is 0.234. The van der Waals surface area contributed by atoms with E-state index in [4.69, 9.17) is 10.00 Å². The van der Waals surface area contributed by atoms with Gasteiger partial charge in [-0.25, -0.2) is 0 Å². The minimum atomic E-state index is -0.545. The number of rotatable bonds is 2. The number of amides is 2. The third-order valence-electron chi connectivity index (χ3n) is 3.42. The van der Waals surface area contributed by atoms with Crippen LogP contribution in [0.1, 0.15) is 22.8 Å². The van der Waals surface area contributed by atoms with Gasteiger partial charge in [0.1, 0.15) is 5.75 Å². The van der Waals surface area contributed by atoms with E-state index >= 15 is 0 Å². The monoisotopic (exact) mass is 307 g/mol. The molecule has 2 amide bonds. The lowest BCUT2D eigenvalue weighted by atomic mass is 10.1. The van der Waals surface area contributed by atoms with Crippen molar-refractivity contribution in [2.24, 2.45) is 0 Å². The average Bonchev–Trinajstić information content (AvgIpc) is 2.56. The Bertz CT molecular complexity index is 839. The van der Waals surface area contributed by atoms with E-state index in [-0.39, 0.29) is 11.8 Å². The van der Waals surface area contributed by atoms with Gasteiger partial charge >= 0.3 is 0 Å². The molecule has 0 aliphatic carbocycles. The third-order valence-corrected chi connectivity index (χ3v) is 3.42. The van der Waals surface area contributed by atoms with E-state index in [0.717, 1.165) is 0 Å². The molecule has 1 aliphatic heterocycles. The maximum Gasteiger partial charge on any atom is 0.265 e. The summed E-state index contributed by atoms with van der Waals surface area (Å²) >= 11 is 0. The molecule has 2 N–H and O–H groups in total. The maximum absolute atomic E-state index is 12.2. The number of nitrogens with zero attached hydrogens (tertiary/aromatic N) is 1. The highest BCUT2D eigenvalue weighted by Gasteiger charge is 2.23. The number of ether oxygens (including phenoxy) is 1. The molecule has 0 fully saturated rings. The first-order chi connectivity index (χ1) is 11.1. The van der Waals surface area contributed by atoms with Gasteiger partial charge in [0.25, 0.3) is 11.8 Å². The number of hydrogen-bond donors (Lipinski definition) is 2. The zero-order valence-electron chi connectivity index (χ0n) is 12.3. The van der Waals surface area contributed by atoms with Crippen molar-refractivity contribution in [1.82, 2.24) is 0 Å². The van der Waals surface area contributed by atoms with Gasteiger partial charge in [-0.2, -0.15) is 5.26 Å². The van der Waals surface area contributed by atoms with Gasteiger partial charge in [-0.15, -0.1) is 0 Å². The largest absolute Gasteiger partial charge is 0.479 e. The molecule has 6 nitrogen and oxygen atoms in total. The van der Waals surface area contributed by atoms with Gasteiger partial charge in [-0.3, -0.25) is 9.59 Å². The van der Waals surface area contributed by atoms with Crippen LogP contribution < -0.4 is 15.4 Å². The van der Waals surface area contributed by atoms with Crippen LogP contribution in [-0.2, 0) is 4.79 Å². The number of hydrogen-bond acceptors (Lipinski definition) is 4. The molecule has 6 heteroatoms. The average molecular weight is 307 g/mol. The molecule has 0 aromatic heterocycles. The molecule has 0 spiro atoms. The summed E-state index contributed by atoms with van der Waals surface area (Å²) in [5.41, 5.74) is 1.83. The summed E-state index contributed by atoms with van der Waals surface area (Å²) in [6, 6.07) is 13.4. The van der Waals surface area contributed by atoms with Crippen LogP contribution in [0.5, 0.6) is 5.75 Å². The Morgan fingerprint density at radius 1 is 1.30 bits per heavy atom. The minimum Gasteiger partial charge on any atom is -0.479 e. The van der Waals surface area contributed by atoms with E-state index in [9.17, 15) is 9.59 Å². The number of nitrogens with one attached hydrogen (secondary N) is 2. The molecule has 1 aliphatic rings. The molecule has 1 heterocycles. The van der Waals surface area contributed by atoms with Crippen LogP contribution in [0.3, 0.4) is 0 Å². The summed E-state index contributed by atoms with van der Waals surface area (Å²) < 4.78 is 5.46. The predicted octanol–water partition coefficient (Wildman–Crippen LogP) is 2.53. The van der Waals surface area contributed by atoms with Crippen LogP contribution in [0.25, 0.3) is 0 Å². The van der Waals surface area contributed by atoms with E-state index in [1.54, 1.807) is 43.3 Å².